The molecule has 10 N–H and O–H groups in total. The van der Waals surface area contributed by atoms with Gasteiger partial charge in [-0.3, -0.25) is 0 Å². The summed E-state index contributed by atoms with van der Waals surface area (Å²) in [5.41, 5.74) is 0. The Labute approximate surface area is 323 Å². The molecule has 0 aromatic carbocycles. The molecule has 0 saturated carbocycles. The van der Waals surface area contributed by atoms with Gasteiger partial charge < -0.3 is 75.6 Å². The molecule has 15 nitrogen and oxygen atoms in total. The zero-order valence-electron chi connectivity index (χ0n) is 29.9. The Morgan fingerprint density at radius 2 is 1.06 bits per heavy atom. The Morgan fingerprint density at radius 3 is 1.49 bits per heavy atom. The van der Waals surface area contributed by atoms with Gasteiger partial charge in [-0.05, 0) is 44.4 Å². The molecule has 0 aromatic heterocycles. The molecule has 0 bridgehead atoms. The number of hydrogen-bond acceptors (Lipinski definition) is 12. The quantitative estimate of drug-likeness (QED) is 0.195. The predicted octanol–water partition coefficient (Wildman–Crippen LogP) is -9.00. The molecule has 0 spiro atoms. The molecule has 0 amide bonds. The smallest absolute Gasteiger partial charge is 0.547 e. The summed E-state index contributed by atoms with van der Waals surface area (Å²) in [7, 11) is 0. The number of carboxylic acid groups (broad SMARTS) is 2. The molecule has 0 aromatic rings. The first-order valence-electron chi connectivity index (χ1n) is 15.1. The van der Waals surface area contributed by atoms with Gasteiger partial charge in [-0.1, -0.05) is 41.5 Å². The number of aliphatic carboxylic acids is 2. The average Bonchev–Trinajstić information content (AvgIpc) is 2.90. The predicted molar refractivity (Wildman–Crippen MR) is 159 cm³/mol. The topological polar surface area (TPSA) is 293 Å². The van der Waals surface area contributed by atoms with Crippen LogP contribution in [0.25, 0.3) is 0 Å². The van der Waals surface area contributed by atoms with E-state index in [-0.39, 0.29) is 112 Å². The summed E-state index contributed by atoms with van der Waals surface area (Å²) in [4.78, 5) is 20.6. The van der Waals surface area contributed by atoms with Gasteiger partial charge in [-0.2, -0.15) is 0 Å². The van der Waals surface area contributed by atoms with E-state index in [2.05, 4.69) is 27.7 Å². The second-order valence-electron chi connectivity index (χ2n) is 12.7. The molecule has 4 fully saturated rings. The molecule has 0 radical (unpaired) electrons. The standard InChI is InChI=1S/C8H16O2.C8H16O.C7H12O5.C7H12O4.2Na.3H2O/c1-5-4-6(2)10-8(9)7(5)3;1-6-4-8(3)9-5-7(6)2;1-3-2-12-6(7(10)11)5(9)4(3)8;1-4-3-11-6(7(9)10)2-5(4)8;;;;;/h5-9H,4H2,1-3H3;6-8H,4-5H2,1-3H3;3-6,8-9H,2H2,1H3,(H,10,11);4-6,8H,2-3H2,1H3,(H,9,10);;;3*1H2/q;;;;2*+1;;;/p-2/t5-,6?,7?,8?;6-,7?,8?;3?,4-,5-,6?;4?,5-,6?;;;;;/m1101...../s1. The molecule has 4 heterocycles. The normalized spacial score (nSPS) is 39.0. The molecule has 47 heavy (non-hydrogen) atoms. The van der Waals surface area contributed by atoms with Gasteiger partial charge in [0.1, 0.15) is 12.2 Å². The Kier molecular flexibility index (Phi) is 34.0. The van der Waals surface area contributed by atoms with Crippen LogP contribution in [0.2, 0.25) is 0 Å². The maximum atomic E-state index is 10.3. The summed E-state index contributed by atoms with van der Waals surface area (Å²) in [5, 5.41) is 57.5. The van der Waals surface area contributed by atoms with E-state index < -0.39 is 48.7 Å². The van der Waals surface area contributed by atoms with Crippen molar-refractivity contribution in [3.8, 4) is 0 Å². The molecule has 4 aliphatic heterocycles. The maximum Gasteiger partial charge on any atom is 1.00 e. The number of ether oxygens (including phenoxy) is 4. The maximum absolute atomic E-state index is 10.3. The Balaban J connectivity index is -0.000000162. The Morgan fingerprint density at radius 1 is 0.574 bits per heavy atom. The minimum Gasteiger partial charge on any atom is -0.547 e. The van der Waals surface area contributed by atoms with E-state index in [0.29, 0.717) is 18.6 Å². The van der Waals surface area contributed by atoms with Crippen molar-refractivity contribution >= 4 is 11.9 Å². The van der Waals surface area contributed by atoms with Crippen LogP contribution >= 0.6 is 0 Å². The minimum atomic E-state index is -1.49. The molecule has 4 aliphatic rings. The number of carboxylic acids is 2. The molecular formula is C30H60Na2O15. The Bertz CT molecular complexity index is 801. The number of hydrogen-bond donors (Lipinski definition) is 4. The van der Waals surface area contributed by atoms with Crippen molar-refractivity contribution in [1.82, 2.24) is 0 Å². The van der Waals surface area contributed by atoms with Crippen molar-refractivity contribution in [2.75, 3.05) is 19.8 Å². The van der Waals surface area contributed by atoms with Gasteiger partial charge in [0.15, 0.2) is 6.29 Å². The molecular weight excluding hydrogens is 646 g/mol. The monoisotopic (exact) mass is 706 g/mol. The van der Waals surface area contributed by atoms with E-state index in [0.717, 1.165) is 24.9 Å². The molecule has 0 aliphatic carbocycles. The number of aliphatic hydroxyl groups excluding tert-OH is 4. The second kappa shape index (κ2) is 28.1. The molecule has 17 heteroatoms. The SMILES string of the molecule is CC1COC(C(=O)[O-])C[C@H]1O.CC1COC(C(=O)[O-])[C@@H](O)[C@H]1O.CC1C[C@@H](C)C(C)C(O)O1.CC1C[C@@H](C)C(C)CO1.O.O.O.[Na+].[Na+]. The van der Waals surface area contributed by atoms with E-state index in [1.54, 1.807) is 6.92 Å². The van der Waals surface area contributed by atoms with Crippen LogP contribution in [0.3, 0.4) is 0 Å². The molecule has 4 rings (SSSR count). The van der Waals surface area contributed by atoms with Gasteiger partial charge in [-0.15, -0.1) is 0 Å². The van der Waals surface area contributed by atoms with Gasteiger partial charge in [0.2, 0.25) is 0 Å². The van der Waals surface area contributed by atoms with Crippen molar-refractivity contribution in [2.45, 2.75) is 124 Å². The number of carbonyl (C=O) groups excluding carboxylic acids is 2. The van der Waals surface area contributed by atoms with Crippen LogP contribution in [0.4, 0.5) is 0 Å². The molecule has 14 atom stereocenters. The van der Waals surface area contributed by atoms with Gasteiger partial charge >= 0.3 is 59.1 Å². The number of aliphatic hydroxyl groups is 4. The second-order valence-corrected chi connectivity index (χ2v) is 12.7. The molecule has 272 valence electrons. The first-order chi connectivity index (χ1) is 19.5. The largest absolute Gasteiger partial charge is 1.00 e. The van der Waals surface area contributed by atoms with Crippen LogP contribution in [0.1, 0.15) is 74.7 Å². The Hall–Kier alpha value is 0.500. The van der Waals surface area contributed by atoms with E-state index in [1.165, 1.54) is 6.42 Å². The van der Waals surface area contributed by atoms with Gasteiger partial charge in [0.05, 0.1) is 55.7 Å². The third-order valence-corrected chi connectivity index (χ3v) is 8.69. The van der Waals surface area contributed by atoms with Crippen LogP contribution in [-0.4, -0.2) is 118 Å². The molecule has 9 unspecified atom stereocenters. The van der Waals surface area contributed by atoms with Gasteiger partial charge in [0.25, 0.3) is 0 Å². The van der Waals surface area contributed by atoms with E-state index >= 15 is 0 Å². The summed E-state index contributed by atoms with van der Waals surface area (Å²) in [5.74, 6) is -0.476. The van der Waals surface area contributed by atoms with Crippen LogP contribution in [0.5, 0.6) is 0 Å². The van der Waals surface area contributed by atoms with E-state index in [1.807, 2.05) is 20.8 Å². The van der Waals surface area contributed by atoms with Crippen molar-refractivity contribution in [3.63, 3.8) is 0 Å². The fourth-order valence-corrected chi connectivity index (χ4v) is 4.98. The van der Waals surface area contributed by atoms with Crippen molar-refractivity contribution in [2.24, 2.45) is 35.5 Å². The first kappa shape index (κ1) is 56.9. The summed E-state index contributed by atoms with van der Waals surface area (Å²) >= 11 is 0. The van der Waals surface area contributed by atoms with Crippen LogP contribution in [-0.2, 0) is 28.5 Å². The van der Waals surface area contributed by atoms with Crippen molar-refractivity contribution in [1.29, 1.82) is 0 Å². The van der Waals surface area contributed by atoms with Crippen molar-refractivity contribution < 1.29 is 135 Å². The molecule has 4 saturated heterocycles. The summed E-state index contributed by atoms with van der Waals surface area (Å²) in [6, 6.07) is 0. The third-order valence-electron chi connectivity index (χ3n) is 8.69. The van der Waals surface area contributed by atoms with E-state index in [9.17, 15) is 40.2 Å². The van der Waals surface area contributed by atoms with Crippen LogP contribution in [0, 0.1) is 35.5 Å². The zero-order valence-corrected chi connectivity index (χ0v) is 33.9. The van der Waals surface area contributed by atoms with Gasteiger partial charge in [-0.25, -0.2) is 0 Å². The first-order valence-corrected chi connectivity index (χ1v) is 15.1. The zero-order chi connectivity index (χ0) is 32.3. The van der Waals surface area contributed by atoms with Gasteiger partial charge in [0, 0.05) is 30.8 Å². The average molecular weight is 707 g/mol. The third kappa shape index (κ3) is 20.2. The fourth-order valence-electron chi connectivity index (χ4n) is 4.98. The van der Waals surface area contributed by atoms with Crippen LogP contribution < -0.4 is 69.3 Å². The number of rotatable bonds is 2. The minimum absolute atomic E-state index is 0. The summed E-state index contributed by atoms with van der Waals surface area (Å²) in [6.07, 6.45) is -2.73. The number of carbonyl (C=O) groups is 2. The van der Waals surface area contributed by atoms with Crippen LogP contribution in [0.15, 0.2) is 0 Å². The fraction of sp³-hybridized carbons (Fsp3) is 0.933. The van der Waals surface area contributed by atoms with E-state index in [4.69, 9.17) is 18.9 Å². The summed E-state index contributed by atoms with van der Waals surface area (Å²) < 4.78 is 20.3. The van der Waals surface area contributed by atoms with Crippen molar-refractivity contribution in [3.05, 3.63) is 0 Å². The summed E-state index contributed by atoms with van der Waals surface area (Å²) in [6.45, 7) is 17.8.